The highest BCUT2D eigenvalue weighted by atomic mass is 16.5. The summed E-state index contributed by atoms with van der Waals surface area (Å²) in [7, 11) is 1.60. The second-order valence-corrected chi connectivity index (χ2v) is 6.95. The van der Waals surface area contributed by atoms with Crippen LogP contribution in [-0.4, -0.2) is 48.6 Å². The summed E-state index contributed by atoms with van der Waals surface area (Å²) in [5, 5.41) is 10.4. The molecule has 1 heterocycles. The molecule has 1 atom stereocenters. The van der Waals surface area contributed by atoms with Gasteiger partial charge in [0.15, 0.2) is 11.5 Å². The van der Waals surface area contributed by atoms with Crippen molar-refractivity contribution >= 4 is 11.7 Å². The van der Waals surface area contributed by atoms with Gasteiger partial charge in [0.1, 0.15) is 5.75 Å². The van der Waals surface area contributed by atoms with Gasteiger partial charge in [0, 0.05) is 26.2 Å². The van der Waals surface area contributed by atoms with Crippen LogP contribution in [0.3, 0.4) is 0 Å². The summed E-state index contributed by atoms with van der Waals surface area (Å²) >= 11 is 0. The highest BCUT2D eigenvalue weighted by Crippen LogP contribution is 2.39. The van der Waals surface area contributed by atoms with E-state index in [-0.39, 0.29) is 17.3 Å². The number of amides is 1. The number of Topliss-reactive ketones (excluding diaryl/α,β-unsaturated/α-hetero) is 1. The van der Waals surface area contributed by atoms with Crippen molar-refractivity contribution in [1.29, 1.82) is 0 Å². The van der Waals surface area contributed by atoms with Crippen LogP contribution < -0.4 is 4.74 Å². The van der Waals surface area contributed by atoms with E-state index in [1.807, 2.05) is 31.2 Å². The van der Waals surface area contributed by atoms with Gasteiger partial charge in [-0.1, -0.05) is 32.9 Å². The standard InChI is InChI=1S/C21H29NO5/c1-5-12-27-16-9-7-15(8-10-16)18-17(19(23)14(2)3)20(24)21(25)22(18)11-6-13-26-4/h7-10,14,18,24H,5-6,11-13H2,1-4H3. The number of hydrogen-bond acceptors (Lipinski definition) is 5. The van der Waals surface area contributed by atoms with Crippen LogP contribution in [0.5, 0.6) is 5.75 Å². The maximum absolute atomic E-state index is 12.7. The van der Waals surface area contributed by atoms with Gasteiger partial charge in [-0.3, -0.25) is 9.59 Å². The molecule has 0 radical (unpaired) electrons. The zero-order valence-electron chi connectivity index (χ0n) is 16.5. The van der Waals surface area contributed by atoms with Crippen LogP contribution in [0.25, 0.3) is 0 Å². The van der Waals surface area contributed by atoms with Crippen molar-refractivity contribution in [2.75, 3.05) is 26.9 Å². The first-order valence-corrected chi connectivity index (χ1v) is 9.42. The summed E-state index contributed by atoms with van der Waals surface area (Å²) in [5.41, 5.74) is 0.951. The van der Waals surface area contributed by atoms with Crippen molar-refractivity contribution in [2.45, 2.75) is 39.7 Å². The molecule has 148 valence electrons. The van der Waals surface area contributed by atoms with Crippen molar-refractivity contribution < 1.29 is 24.2 Å². The zero-order valence-corrected chi connectivity index (χ0v) is 16.5. The molecule has 6 nitrogen and oxygen atoms in total. The summed E-state index contributed by atoms with van der Waals surface area (Å²) in [6.45, 7) is 7.08. The lowest BCUT2D eigenvalue weighted by Crippen LogP contribution is -2.33. The van der Waals surface area contributed by atoms with Crippen LogP contribution in [0.2, 0.25) is 0 Å². The predicted molar refractivity (Wildman–Crippen MR) is 103 cm³/mol. The number of nitrogens with zero attached hydrogens (tertiary/aromatic N) is 1. The average molecular weight is 375 g/mol. The highest BCUT2D eigenvalue weighted by molar-refractivity contribution is 6.09. The van der Waals surface area contributed by atoms with E-state index in [0.717, 1.165) is 17.7 Å². The minimum atomic E-state index is -0.593. The number of hydrogen-bond donors (Lipinski definition) is 1. The Labute approximate surface area is 160 Å². The number of aliphatic hydroxyl groups excluding tert-OH is 1. The van der Waals surface area contributed by atoms with Crippen molar-refractivity contribution in [3.8, 4) is 5.75 Å². The van der Waals surface area contributed by atoms with E-state index in [9.17, 15) is 14.7 Å². The minimum absolute atomic E-state index is 0.176. The SMILES string of the molecule is CCCOc1ccc(C2C(C(=O)C(C)C)=C(O)C(=O)N2CCCOC)cc1. The Kier molecular flexibility index (Phi) is 7.42. The van der Waals surface area contributed by atoms with Gasteiger partial charge < -0.3 is 19.5 Å². The number of methoxy groups -OCH3 is 1. The Morgan fingerprint density at radius 1 is 1.22 bits per heavy atom. The van der Waals surface area contributed by atoms with E-state index in [0.29, 0.717) is 26.2 Å². The van der Waals surface area contributed by atoms with E-state index in [4.69, 9.17) is 9.47 Å². The quantitative estimate of drug-likeness (QED) is 0.634. The first-order chi connectivity index (χ1) is 12.9. The van der Waals surface area contributed by atoms with Crippen LogP contribution >= 0.6 is 0 Å². The zero-order chi connectivity index (χ0) is 20.0. The van der Waals surface area contributed by atoms with Gasteiger partial charge in [-0.2, -0.15) is 0 Å². The Bertz CT molecular complexity index is 693. The molecule has 27 heavy (non-hydrogen) atoms. The molecule has 1 N–H and O–H groups in total. The summed E-state index contributed by atoms with van der Waals surface area (Å²) in [5.74, 6) is -0.746. The van der Waals surface area contributed by atoms with Crippen LogP contribution in [0.1, 0.15) is 45.2 Å². The van der Waals surface area contributed by atoms with Crippen LogP contribution in [0.4, 0.5) is 0 Å². The molecule has 1 aromatic rings. The van der Waals surface area contributed by atoms with Gasteiger partial charge in [-0.05, 0) is 30.5 Å². The fourth-order valence-electron chi connectivity index (χ4n) is 3.14. The molecule has 0 saturated heterocycles. The maximum atomic E-state index is 12.7. The van der Waals surface area contributed by atoms with Gasteiger partial charge in [-0.25, -0.2) is 0 Å². The predicted octanol–water partition coefficient (Wildman–Crippen LogP) is 3.43. The largest absolute Gasteiger partial charge is 0.503 e. The number of aliphatic hydroxyl groups is 1. The van der Waals surface area contributed by atoms with E-state index in [1.54, 1.807) is 25.9 Å². The van der Waals surface area contributed by atoms with Gasteiger partial charge >= 0.3 is 0 Å². The normalized spacial score (nSPS) is 17.1. The smallest absolute Gasteiger partial charge is 0.290 e. The van der Waals surface area contributed by atoms with Gasteiger partial charge in [0.05, 0.1) is 18.2 Å². The lowest BCUT2D eigenvalue weighted by Gasteiger charge is -2.27. The number of rotatable bonds is 10. The van der Waals surface area contributed by atoms with Crippen molar-refractivity contribution in [3.05, 3.63) is 41.2 Å². The Morgan fingerprint density at radius 2 is 1.89 bits per heavy atom. The highest BCUT2D eigenvalue weighted by Gasteiger charge is 2.43. The number of carbonyl (C=O) groups is 2. The van der Waals surface area contributed by atoms with Crippen molar-refractivity contribution in [3.63, 3.8) is 0 Å². The van der Waals surface area contributed by atoms with E-state index < -0.39 is 17.7 Å². The molecule has 2 rings (SSSR count). The van der Waals surface area contributed by atoms with E-state index >= 15 is 0 Å². The molecule has 0 saturated carbocycles. The molecule has 1 amide bonds. The summed E-state index contributed by atoms with van der Waals surface area (Å²) in [6, 6.07) is 6.76. The Morgan fingerprint density at radius 3 is 2.44 bits per heavy atom. The first-order valence-electron chi connectivity index (χ1n) is 9.42. The first kappa shape index (κ1) is 21.0. The molecule has 1 aliphatic heterocycles. The molecular formula is C21H29NO5. The van der Waals surface area contributed by atoms with Gasteiger partial charge in [0.25, 0.3) is 5.91 Å². The molecule has 0 bridgehead atoms. The Balaban J connectivity index is 2.37. The fourth-order valence-corrected chi connectivity index (χ4v) is 3.14. The van der Waals surface area contributed by atoms with Crippen molar-refractivity contribution in [1.82, 2.24) is 4.90 Å². The van der Waals surface area contributed by atoms with Crippen molar-refractivity contribution in [2.24, 2.45) is 5.92 Å². The van der Waals surface area contributed by atoms with E-state index in [2.05, 4.69) is 0 Å². The molecular weight excluding hydrogens is 346 g/mol. The monoisotopic (exact) mass is 375 g/mol. The minimum Gasteiger partial charge on any atom is -0.503 e. The van der Waals surface area contributed by atoms with Gasteiger partial charge in [-0.15, -0.1) is 0 Å². The van der Waals surface area contributed by atoms with Crippen LogP contribution in [-0.2, 0) is 14.3 Å². The summed E-state index contributed by atoms with van der Waals surface area (Å²) in [6.07, 6.45) is 1.53. The third kappa shape index (κ3) is 4.69. The number of ketones is 1. The Hall–Kier alpha value is -2.34. The fraction of sp³-hybridized carbons (Fsp3) is 0.524. The lowest BCUT2D eigenvalue weighted by atomic mass is 9.91. The van der Waals surface area contributed by atoms with Crippen LogP contribution in [0.15, 0.2) is 35.6 Å². The second-order valence-electron chi connectivity index (χ2n) is 6.95. The molecule has 1 aromatic carbocycles. The third-order valence-corrected chi connectivity index (χ3v) is 4.51. The molecule has 6 heteroatoms. The molecule has 0 spiro atoms. The van der Waals surface area contributed by atoms with E-state index in [1.165, 1.54) is 0 Å². The summed E-state index contributed by atoms with van der Waals surface area (Å²) < 4.78 is 10.7. The molecule has 1 unspecified atom stereocenters. The van der Waals surface area contributed by atoms with Crippen LogP contribution in [0, 0.1) is 5.92 Å². The maximum Gasteiger partial charge on any atom is 0.290 e. The number of carbonyl (C=O) groups excluding carboxylic acids is 2. The second kappa shape index (κ2) is 9.55. The summed E-state index contributed by atoms with van der Waals surface area (Å²) in [4.78, 5) is 26.9. The molecule has 0 fully saturated rings. The lowest BCUT2D eigenvalue weighted by molar-refractivity contribution is -0.129. The molecule has 0 aromatic heterocycles. The third-order valence-electron chi connectivity index (χ3n) is 4.51. The average Bonchev–Trinajstić information content (AvgIpc) is 2.91. The van der Waals surface area contributed by atoms with Gasteiger partial charge in [0.2, 0.25) is 0 Å². The topological polar surface area (TPSA) is 76.1 Å². The number of ether oxygens (including phenoxy) is 2. The molecule has 0 aliphatic carbocycles. The number of benzene rings is 1. The molecule has 1 aliphatic rings.